The largest absolute Gasteiger partial charge is 0.461 e. The quantitative estimate of drug-likeness (QED) is 0.245. The summed E-state index contributed by atoms with van der Waals surface area (Å²) in [6, 6.07) is 9.14. The molecule has 3 unspecified atom stereocenters. The average Bonchev–Trinajstić information content (AvgIpc) is 3.52. The molecule has 0 radical (unpaired) electrons. The molecule has 11 heteroatoms. The fourth-order valence-corrected chi connectivity index (χ4v) is 5.39. The molecular formula is C25H28Cl2N4O5. The number of carbonyl (C=O) groups is 1. The molecule has 1 aliphatic heterocycles. The lowest BCUT2D eigenvalue weighted by Crippen LogP contribution is -2.47. The molecule has 2 N–H and O–H groups in total. The lowest BCUT2D eigenvalue weighted by atomic mass is 9.90. The molecule has 0 spiro atoms. The highest BCUT2D eigenvalue weighted by Gasteiger charge is 2.45. The van der Waals surface area contributed by atoms with E-state index in [1.165, 1.54) is 7.11 Å². The third kappa shape index (κ3) is 4.78. The highest BCUT2D eigenvalue weighted by Crippen LogP contribution is 2.41. The van der Waals surface area contributed by atoms with E-state index in [2.05, 4.69) is 9.97 Å². The summed E-state index contributed by atoms with van der Waals surface area (Å²) in [4.78, 5) is 33.1. The summed E-state index contributed by atoms with van der Waals surface area (Å²) in [7, 11) is 1.53. The van der Waals surface area contributed by atoms with Crippen molar-refractivity contribution in [2.75, 3.05) is 19.5 Å². The Bertz CT molecular complexity index is 1260. The Labute approximate surface area is 218 Å². The van der Waals surface area contributed by atoms with Crippen molar-refractivity contribution in [1.82, 2.24) is 14.5 Å². The molecule has 3 atom stereocenters. The van der Waals surface area contributed by atoms with Crippen LogP contribution in [0.2, 0.25) is 10.2 Å². The number of methoxy groups -OCH3 is 1. The number of esters is 1. The first-order chi connectivity index (χ1) is 17.3. The Morgan fingerprint density at radius 1 is 1.22 bits per heavy atom. The van der Waals surface area contributed by atoms with E-state index in [0.29, 0.717) is 28.2 Å². The highest BCUT2D eigenvalue weighted by atomic mass is 35.5. The minimum absolute atomic E-state index is 0.0599. The number of anilines is 1. The smallest absolute Gasteiger partial charge is 0.355 e. The Hall–Kier alpha value is -2.43. The highest BCUT2D eigenvalue weighted by molar-refractivity contribution is 6.34. The van der Waals surface area contributed by atoms with Crippen LogP contribution in [0, 0.1) is 5.92 Å². The van der Waals surface area contributed by atoms with Crippen LogP contribution in [0.25, 0.3) is 11.0 Å². The molecule has 3 aromatic rings. The monoisotopic (exact) mass is 534 g/mol. The molecule has 0 amide bonds. The number of nitrogen functional groups attached to an aromatic ring is 1. The zero-order valence-corrected chi connectivity index (χ0v) is 21.6. The summed E-state index contributed by atoms with van der Waals surface area (Å²) >= 11 is 12.4. The van der Waals surface area contributed by atoms with E-state index in [4.69, 9.17) is 48.2 Å². The number of halogens is 2. The van der Waals surface area contributed by atoms with Crippen LogP contribution in [0.3, 0.4) is 0 Å². The molecule has 1 aromatic carbocycles. The zero-order chi connectivity index (χ0) is 25.4. The number of hydrogen-bond donors (Lipinski definition) is 1. The maximum absolute atomic E-state index is 13.4. The van der Waals surface area contributed by atoms with Crippen LogP contribution in [0.4, 0.5) is 5.95 Å². The van der Waals surface area contributed by atoms with Crippen LogP contribution in [-0.2, 0) is 19.2 Å². The average molecular weight is 535 g/mol. The summed E-state index contributed by atoms with van der Waals surface area (Å²) in [5, 5.41) is 1.41. The van der Waals surface area contributed by atoms with Gasteiger partial charge < -0.3 is 19.8 Å². The molecule has 1 saturated heterocycles. The number of carbonyl (C=O) groups excluding carboxylic acids is 1. The van der Waals surface area contributed by atoms with E-state index in [-0.39, 0.29) is 35.8 Å². The fourth-order valence-electron chi connectivity index (χ4n) is 5.04. The third-order valence-corrected chi connectivity index (χ3v) is 7.74. The maximum Gasteiger partial charge on any atom is 0.355 e. The Morgan fingerprint density at radius 3 is 2.64 bits per heavy atom. The number of benzene rings is 1. The van der Waals surface area contributed by atoms with Gasteiger partial charge in [-0.1, -0.05) is 48.2 Å². The first-order valence-electron chi connectivity index (χ1n) is 11.9. The van der Waals surface area contributed by atoms with Gasteiger partial charge in [-0.3, -0.25) is 0 Å². The van der Waals surface area contributed by atoms with Crippen LogP contribution >= 0.6 is 23.2 Å². The molecule has 2 aromatic heterocycles. The Morgan fingerprint density at radius 2 is 1.94 bits per heavy atom. The summed E-state index contributed by atoms with van der Waals surface area (Å²) in [5.41, 5.74) is 7.69. The molecule has 9 nitrogen and oxygen atoms in total. The Balaban J connectivity index is 1.39. The second-order valence-electron chi connectivity index (χ2n) is 9.42. The van der Waals surface area contributed by atoms with Crippen molar-refractivity contribution in [3.8, 4) is 0 Å². The van der Waals surface area contributed by atoms with Gasteiger partial charge in [-0.15, -0.1) is 0 Å². The van der Waals surface area contributed by atoms with Crippen molar-refractivity contribution < 1.29 is 24.0 Å². The molecule has 192 valence electrons. The number of rotatable bonds is 6. The van der Waals surface area contributed by atoms with E-state index >= 15 is 0 Å². The normalized spacial score (nSPS) is 24.9. The molecule has 0 bridgehead atoms. The lowest BCUT2D eigenvalue weighted by molar-refractivity contribution is -0.479. The second kappa shape index (κ2) is 10.1. The van der Waals surface area contributed by atoms with Crippen molar-refractivity contribution in [3.63, 3.8) is 0 Å². The number of ether oxygens (including phenoxy) is 2. The molecule has 36 heavy (non-hydrogen) atoms. The summed E-state index contributed by atoms with van der Waals surface area (Å²) in [5.74, 6) is -1.81. The van der Waals surface area contributed by atoms with Gasteiger partial charge in [0.1, 0.15) is 22.6 Å². The molecule has 1 aliphatic carbocycles. The van der Waals surface area contributed by atoms with Gasteiger partial charge in [0, 0.05) is 18.2 Å². The van der Waals surface area contributed by atoms with Crippen molar-refractivity contribution >= 4 is 46.2 Å². The maximum atomic E-state index is 13.4. The fraction of sp³-hybridized carbons (Fsp3) is 0.480. The van der Waals surface area contributed by atoms with Crippen LogP contribution < -0.4 is 5.73 Å². The molecule has 2 fully saturated rings. The lowest BCUT2D eigenvalue weighted by Gasteiger charge is -2.41. The second-order valence-corrected chi connectivity index (χ2v) is 10.2. The first-order valence-corrected chi connectivity index (χ1v) is 12.7. The van der Waals surface area contributed by atoms with Crippen LogP contribution in [-0.4, -0.2) is 40.0 Å². The summed E-state index contributed by atoms with van der Waals surface area (Å²) < 4.78 is 13.4. The molecular weight excluding hydrogens is 507 g/mol. The van der Waals surface area contributed by atoms with Gasteiger partial charge in [-0.2, -0.15) is 4.98 Å². The SMILES string of the molecule is COC1(C)OOC(c2ccc(Cl)cc2)CC1COC(=O)c1cc2c(Cl)nc(N)nc2n1C1CCCC1. The van der Waals surface area contributed by atoms with Gasteiger partial charge in [0.2, 0.25) is 11.7 Å². The van der Waals surface area contributed by atoms with Crippen molar-refractivity contribution in [2.24, 2.45) is 5.92 Å². The molecule has 1 saturated carbocycles. The first kappa shape index (κ1) is 25.2. The zero-order valence-electron chi connectivity index (χ0n) is 20.1. The van der Waals surface area contributed by atoms with Crippen molar-refractivity contribution in [1.29, 1.82) is 0 Å². The van der Waals surface area contributed by atoms with Gasteiger partial charge >= 0.3 is 5.97 Å². The Kier molecular flexibility index (Phi) is 7.11. The molecule has 3 heterocycles. The molecule has 2 aliphatic rings. The topological polar surface area (TPSA) is 111 Å². The third-order valence-electron chi connectivity index (χ3n) is 7.20. The number of hydrogen-bond acceptors (Lipinski definition) is 8. The van der Waals surface area contributed by atoms with E-state index in [9.17, 15) is 4.79 Å². The minimum atomic E-state index is -1.09. The molecule has 5 rings (SSSR count). The van der Waals surface area contributed by atoms with Gasteiger partial charge in [0.25, 0.3) is 0 Å². The number of nitrogens with two attached hydrogens (primary N) is 1. The van der Waals surface area contributed by atoms with Gasteiger partial charge in [0.05, 0.1) is 17.9 Å². The van der Waals surface area contributed by atoms with Gasteiger partial charge in [0.15, 0.2) is 0 Å². The van der Waals surface area contributed by atoms with E-state index < -0.39 is 11.8 Å². The van der Waals surface area contributed by atoms with Crippen molar-refractivity contribution in [3.05, 3.63) is 51.8 Å². The number of fused-ring (bicyclic) bond motifs is 1. The predicted molar refractivity (Wildman–Crippen MR) is 135 cm³/mol. The van der Waals surface area contributed by atoms with Crippen LogP contribution in [0.1, 0.15) is 67.2 Å². The van der Waals surface area contributed by atoms with E-state index in [0.717, 1.165) is 31.2 Å². The van der Waals surface area contributed by atoms with Crippen LogP contribution in [0.5, 0.6) is 0 Å². The summed E-state index contributed by atoms with van der Waals surface area (Å²) in [6.45, 7) is 1.82. The minimum Gasteiger partial charge on any atom is -0.461 e. The predicted octanol–water partition coefficient (Wildman–Crippen LogP) is 5.66. The van der Waals surface area contributed by atoms with Crippen LogP contribution in [0.15, 0.2) is 30.3 Å². The summed E-state index contributed by atoms with van der Waals surface area (Å²) in [6.07, 6.45) is 4.17. The standard InChI is InChI=1S/C25H28Cl2N4O5/c1-25(33-2)15(11-20(35-36-25)14-7-9-16(26)10-8-14)13-34-23(32)19-12-18-21(27)29-24(28)30-22(18)31(19)17-5-3-4-6-17/h7-10,12,15,17,20H,3-6,11,13H2,1-2H3,(H2,28,29,30). The van der Waals surface area contributed by atoms with Crippen molar-refractivity contribution in [2.45, 2.75) is 57.0 Å². The van der Waals surface area contributed by atoms with Gasteiger partial charge in [-0.05, 0) is 49.9 Å². The van der Waals surface area contributed by atoms with E-state index in [1.807, 2.05) is 16.7 Å². The van der Waals surface area contributed by atoms with E-state index in [1.54, 1.807) is 25.1 Å². The number of aromatic nitrogens is 3. The number of nitrogens with zero attached hydrogens (tertiary/aromatic N) is 3. The van der Waals surface area contributed by atoms with Gasteiger partial charge in [-0.25, -0.2) is 19.6 Å².